The molecular weight excluding hydrogens is 238 g/mol. The zero-order valence-electron chi connectivity index (χ0n) is 11.8. The van der Waals surface area contributed by atoms with E-state index in [0.29, 0.717) is 5.78 Å². The molecule has 5 heteroatoms. The van der Waals surface area contributed by atoms with Crippen LogP contribution in [0.1, 0.15) is 51.6 Å². The summed E-state index contributed by atoms with van der Waals surface area (Å²) in [6, 6.07) is 2.00. The number of hydrogen-bond donors (Lipinski definition) is 1. The lowest BCUT2D eigenvalue weighted by Gasteiger charge is -2.08. The Balaban J connectivity index is 1.81. The first-order chi connectivity index (χ1) is 9.19. The smallest absolute Gasteiger partial charge is 0.254 e. The number of aromatic nitrogens is 4. The van der Waals surface area contributed by atoms with Crippen molar-refractivity contribution in [3.63, 3.8) is 0 Å². The van der Waals surface area contributed by atoms with Crippen LogP contribution in [0, 0.1) is 5.92 Å². The average molecular weight is 261 g/mol. The molecule has 0 saturated carbocycles. The molecule has 0 radical (unpaired) electrons. The highest BCUT2D eigenvalue weighted by Crippen LogP contribution is 2.15. The van der Waals surface area contributed by atoms with Crippen molar-refractivity contribution in [2.24, 2.45) is 5.92 Å². The molecule has 2 heterocycles. The Morgan fingerprint density at radius 3 is 2.89 bits per heavy atom. The SMILES string of the molecule is CCCC(C)CCCCc1ccn2nc(N)nc2n1. The van der Waals surface area contributed by atoms with E-state index in [9.17, 15) is 0 Å². The number of hydrogen-bond acceptors (Lipinski definition) is 4. The minimum atomic E-state index is 0.276. The van der Waals surface area contributed by atoms with Crippen molar-refractivity contribution in [3.05, 3.63) is 18.0 Å². The maximum absolute atomic E-state index is 5.54. The quantitative estimate of drug-likeness (QED) is 0.778. The third-order valence-electron chi connectivity index (χ3n) is 3.44. The van der Waals surface area contributed by atoms with E-state index in [4.69, 9.17) is 5.73 Å². The molecule has 0 fully saturated rings. The number of fused-ring (bicyclic) bond motifs is 1. The lowest BCUT2D eigenvalue weighted by atomic mass is 9.98. The molecule has 0 spiro atoms. The highest BCUT2D eigenvalue weighted by atomic mass is 15.3. The predicted molar refractivity (Wildman–Crippen MR) is 76.8 cm³/mol. The van der Waals surface area contributed by atoms with Crippen LogP contribution in [0.15, 0.2) is 12.3 Å². The number of nitrogens with zero attached hydrogens (tertiary/aromatic N) is 4. The van der Waals surface area contributed by atoms with Crippen molar-refractivity contribution < 1.29 is 0 Å². The first kappa shape index (κ1) is 13.8. The number of aryl methyl sites for hydroxylation is 1. The van der Waals surface area contributed by atoms with Gasteiger partial charge in [-0.05, 0) is 24.8 Å². The second kappa shape index (κ2) is 6.50. The topological polar surface area (TPSA) is 69.1 Å². The van der Waals surface area contributed by atoms with Crippen LogP contribution in [0.25, 0.3) is 5.78 Å². The van der Waals surface area contributed by atoms with Crippen LogP contribution < -0.4 is 5.73 Å². The molecule has 0 aliphatic rings. The minimum Gasteiger partial charge on any atom is -0.366 e. The van der Waals surface area contributed by atoms with Crippen molar-refractivity contribution in [1.82, 2.24) is 19.6 Å². The highest BCUT2D eigenvalue weighted by Gasteiger charge is 2.04. The minimum absolute atomic E-state index is 0.276. The Kier molecular flexibility index (Phi) is 4.71. The maximum Gasteiger partial charge on any atom is 0.254 e. The summed E-state index contributed by atoms with van der Waals surface area (Å²) in [6.45, 7) is 4.59. The number of nitrogens with two attached hydrogens (primary N) is 1. The first-order valence-electron chi connectivity index (χ1n) is 7.17. The monoisotopic (exact) mass is 261 g/mol. The molecule has 1 atom stereocenters. The van der Waals surface area contributed by atoms with E-state index in [1.165, 1.54) is 32.1 Å². The van der Waals surface area contributed by atoms with Crippen LogP contribution in [0.4, 0.5) is 5.95 Å². The molecule has 0 saturated heterocycles. The van der Waals surface area contributed by atoms with Crippen molar-refractivity contribution in [3.8, 4) is 0 Å². The predicted octanol–water partition coefficient (Wildman–Crippen LogP) is 2.86. The Labute approximate surface area is 114 Å². The molecule has 19 heavy (non-hydrogen) atoms. The number of rotatable bonds is 7. The van der Waals surface area contributed by atoms with E-state index in [0.717, 1.165) is 18.0 Å². The van der Waals surface area contributed by atoms with Gasteiger partial charge in [-0.2, -0.15) is 4.98 Å². The van der Waals surface area contributed by atoms with Gasteiger partial charge < -0.3 is 5.73 Å². The van der Waals surface area contributed by atoms with Crippen LogP contribution in [0.5, 0.6) is 0 Å². The van der Waals surface area contributed by atoms with Gasteiger partial charge in [0.25, 0.3) is 5.78 Å². The molecule has 5 nitrogen and oxygen atoms in total. The van der Waals surface area contributed by atoms with Gasteiger partial charge in [-0.15, -0.1) is 5.10 Å². The molecule has 0 bridgehead atoms. The molecule has 104 valence electrons. The van der Waals surface area contributed by atoms with Crippen LogP contribution in [0.3, 0.4) is 0 Å². The second-order valence-corrected chi connectivity index (χ2v) is 5.27. The number of nitrogen functional groups attached to an aromatic ring is 1. The largest absolute Gasteiger partial charge is 0.366 e. The third-order valence-corrected chi connectivity index (χ3v) is 3.44. The van der Waals surface area contributed by atoms with Crippen LogP contribution >= 0.6 is 0 Å². The van der Waals surface area contributed by atoms with Gasteiger partial charge in [0.2, 0.25) is 5.95 Å². The zero-order chi connectivity index (χ0) is 13.7. The van der Waals surface area contributed by atoms with E-state index in [-0.39, 0.29) is 5.95 Å². The fourth-order valence-electron chi connectivity index (χ4n) is 2.41. The average Bonchev–Trinajstić information content (AvgIpc) is 2.74. The van der Waals surface area contributed by atoms with Crippen LogP contribution in [-0.2, 0) is 6.42 Å². The molecule has 2 aromatic rings. The van der Waals surface area contributed by atoms with E-state index in [1.54, 1.807) is 4.52 Å². The van der Waals surface area contributed by atoms with E-state index in [1.807, 2.05) is 12.3 Å². The lowest BCUT2D eigenvalue weighted by molar-refractivity contribution is 0.460. The lowest BCUT2D eigenvalue weighted by Crippen LogP contribution is -1.98. The van der Waals surface area contributed by atoms with Gasteiger partial charge in [-0.1, -0.05) is 39.5 Å². The number of anilines is 1. The zero-order valence-corrected chi connectivity index (χ0v) is 11.8. The second-order valence-electron chi connectivity index (χ2n) is 5.27. The van der Waals surface area contributed by atoms with Gasteiger partial charge >= 0.3 is 0 Å². The third kappa shape index (κ3) is 3.91. The van der Waals surface area contributed by atoms with Crippen molar-refractivity contribution in [2.75, 3.05) is 5.73 Å². The fraction of sp³-hybridized carbons (Fsp3) is 0.643. The Bertz CT molecular complexity index is 520. The Morgan fingerprint density at radius 1 is 1.26 bits per heavy atom. The summed E-state index contributed by atoms with van der Waals surface area (Å²) in [5.74, 6) is 1.71. The van der Waals surface area contributed by atoms with Gasteiger partial charge in [-0.3, -0.25) is 0 Å². The standard InChI is InChI=1S/C14H23N5/c1-3-6-11(2)7-4-5-8-12-9-10-19-14(16-12)17-13(15)18-19/h9-11H,3-8H2,1-2H3,(H2,15,18). The van der Waals surface area contributed by atoms with Gasteiger partial charge in [0.15, 0.2) is 0 Å². The summed E-state index contributed by atoms with van der Waals surface area (Å²) in [6.07, 6.45) is 9.26. The Morgan fingerprint density at radius 2 is 2.11 bits per heavy atom. The summed E-state index contributed by atoms with van der Waals surface area (Å²) in [4.78, 5) is 8.53. The van der Waals surface area contributed by atoms with Gasteiger partial charge in [0, 0.05) is 11.9 Å². The first-order valence-corrected chi connectivity index (χ1v) is 7.17. The van der Waals surface area contributed by atoms with E-state index < -0.39 is 0 Å². The fourth-order valence-corrected chi connectivity index (χ4v) is 2.41. The molecule has 2 N–H and O–H groups in total. The van der Waals surface area contributed by atoms with Crippen LogP contribution in [-0.4, -0.2) is 19.6 Å². The van der Waals surface area contributed by atoms with Crippen molar-refractivity contribution >= 4 is 11.7 Å². The maximum atomic E-state index is 5.54. The molecule has 2 aromatic heterocycles. The summed E-state index contributed by atoms with van der Waals surface area (Å²) in [7, 11) is 0. The van der Waals surface area contributed by atoms with Crippen molar-refractivity contribution in [2.45, 2.75) is 52.4 Å². The van der Waals surface area contributed by atoms with E-state index in [2.05, 4.69) is 28.9 Å². The summed E-state index contributed by atoms with van der Waals surface area (Å²) < 4.78 is 1.61. The van der Waals surface area contributed by atoms with Crippen molar-refractivity contribution in [1.29, 1.82) is 0 Å². The Hall–Kier alpha value is -1.65. The number of unbranched alkanes of at least 4 members (excludes halogenated alkanes) is 1. The van der Waals surface area contributed by atoms with Gasteiger partial charge in [0.05, 0.1) is 0 Å². The molecule has 0 aliphatic heterocycles. The normalized spacial score (nSPS) is 12.9. The summed E-state index contributed by atoms with van der Waals surface area (Å²) in [5, 5.41) is 4.02. The summed E-state index contributed by atoms with van der Waals surface area (Å²) in [5.41, 5.74) is 6.61. The highest BCUT2D eigenvalue weighted by molar-refractivity contribution is 5.33. The van der Waals surface area contributed by atoms with Gasteiger partial charge in [-0.25, -0.2) is 9.50 Å². The van der Waals surface area contributed by atoms with E-state index >= 15 is 0 Å². The molecule has 0 amide bonds. The van der Waals surface area contributed by atoms with Gasteiger partial charge in [0.1, 0.15) is 0 Å². The molecule has 2 rings (SSSR count). The molecule has 1 unspecified atom stereocenters. The molecule has 0 aromatic carbocycles. The molecule has 0 aliphatic carbocycles. The molecular formula is C14H23N5. The summed E-state index contributed by atoms with van der Waals surface area (Å²) >= 11 is 0. The van der Waals surface area contributed by atoms with Crippen LogP contribution in [0.2, 0.25) is 0 Å².